The van der Waals surface area contributed by atoms with Gasteiger partial charge in [0.15, 0.2) is 29.1 Å². The van der Waals surface area contributed by atoms with E-state index in [-0.39, 0.29) is 4.88 Å². The van der Waals surface area contributed by atoms with E-state index in [2.05, 4.69) is 15.9 Å². The van der Waals surface area contributed by atoms with Gasteiger partial charge in [-0.25, -0.2) is 22.0 Å². The summed E-state index contributed by atoms with van der Waals surface area (Å²) in [5.41, 5.74) is -1.16. The van der Waals surface area contributed by atoms with Gasteiger partial charge in [0, 0.05) is 9.85 Å². The number of carbonyl (C=O) groups excluding carboxylic acids is 1. The molecule has 0 saturated carbocycles. The summed E-state index contributed by atoms with van der Waals surface area (Å²) in [4.78, 5) is 11.9. The molecule has 0 fully saturated rings. The van der Waals surface area contributed by atoms with Gasteiger partial charge in [0.05, 0.1) is 10.4 Å². The van der Waals surface area contributed by atoms with E-state index in [1.54, 1.807) is 5.38 Å². The highest BCUT2D eigenvalue weighted by molar-refractivity contribution is 9.10. The van der Waals surface area contributed by atoms with Crippen molar-refractivity contribution in [2.45, 2.75) is 0 Å². The van der Waals surface area contributed by atoms with Crippen molar-refractivity contribution in [2.24, 2.45) is 0 Å². The summed E-state index contributed by atoms with van der Waals surface area (Å²) in [5.74, 6) is -10.9. The molecule has 8 heteroatoms. The maximum Gasteiger partial charge on any atom is 0.200 e. The first-order chi connectivity index (χ1) is 9.82. The van der Waals surface area contributed by atoms with Crippen LogP contribution in [0.1, 0.15) is 15.2 Å². The number of allylic oxidation sites excluding steroid dienone is 1. The molecule has 1 aromatic carbocycles. The van der Waals surface area contributed by atoms with Crippen LogP contribution in [0.4, 0.5) is 22.0 Å². The lowest BCUT2D eigenvalue weighted by Gasteiger charge is -2.03. The lowest BCUT2D eigenvalue weighted by molar-refractivity contribution is 0.105. The van der Waals surface area contributed by atoms with E-state index in [9.17, 15) is 26.7 Å². The van der Waals surface area contributed by atoms with Crippen molar-refractivity contribution >= 4 is 39.1 Å². The number of benzene rings is 1. The molecule has 1 nitrogen and oxygen atoms in total. The van der Waals surface area contributed by atoms with Crippen LogP contribution < -0.4 is 0 Å². The average molecular weight is 383 g/mol. The van der Waals surface area contributed by atoms with Gasteiger partial charge in [-0.05, 0) is 34.1 Å². The normalized spacial score (nSPS) is 11.3. The van der Waals surface area contributed by atoms with Gasteiger partial charge in [-0.3, -0.25) is 4.79 Å². The molecule has 0 amide bonds. The van der Waals surface area contributed by atoms with Gasteiger partial charge in [0.2, 0.25) is 5.82 Å². The van der Waals surface area contributed by atoms with Crippen LogP contribution >= 0.6 is 27.3 Å². The maximum absolute atomic E-state index is 13.4. The van der Waals surface area contributed by atoms with Gasteiger partial charge in [-0.2, -0.15) is 0 Å². The number of hydrogen-bond acceptors (Lipinski definition) is 2. The van der Waals surface area contributed by atoms with Crippen LogP contribution in [-0.2, 0) is 0 Å². The zero-order valence-electron chi connectivity index (χ0n) is 9.89. The predicted molar refractivity (Wildman–Crippen MR) is 71.6 cm³/mol. The van der Waals surface area contributed by atoms with E-state index in [1.807, 2.05) is 0 Å². The molecule has 1 aromatic heterocycles. The molecular weight excluding hydrogens is 379 g/mol. The Labute approximate surface area is 127 Å². The summed E-state index contributed by atoms with van der Waals surface area (Å²) >= 11 is 4.19. The minimum absolute atomic E-state index is 0.252. The topological polar surface area (TPSA) is 17.1 Å². The first-order valence-corrected chi connectivity index (χ1v) is 6.98. The molecule has 2 rings (SSSR count). The van der Waals surface area contributed by atoms with E-state index >= 15 is 0 Å². The monoisotopic (exact) mass is 382 g/mol. The first-order valence-electron chi connectivity index (χ1n) is 5.30. The van der Waals surface area contributed by atoms with Gasteiger partial charge in [-0.15, -0.1) is 11.3 Å². The van der Waals surface area contributed by atoms with Crippen molar-refractivity contribution in [3.63, 3.8) is 0 Å². The van der Waals surface area contributed by atoms with Crippen LogP contribution in [-0.4, -0.2) is 5.78 Å². The van der Waals surface area contributed by atoms with Crippen molar-refractivity contribution in [3.05, 3.63) is 61.5 Å². The molecule has 21 heavy (non-hydrogen) atoms. The van der Waals surface area contributed by atoms with Gasteiger partial charge in [0.25, 0.3) is 0 Å². The maximum atomic E-state index is 13.4. The van der Waals surface area contributed by atoms with Gasteiger partial charge < -0.3 is 0 Å². The molecule has 0 aliphatic heterocycles. The van der Waals surface area contributed by atoms with Crippen LogP contribution in [0.3, 0.4) is 0 Å². The second-order valence-corrected chi connectivity index (χ2v) is 5.64. The third-order valence-electron chi connectivity index (χ3n) is 2.46. The fourth-order valence-corrected chi connectivity index (χ4v) is 2.80. The van der Waals surface area contributed by atoms with Gasteiger partial charge in [-0.1, -0.05) is 0 Å². The van der Waals surface area contributed by atoms with E-state index in [0.717, 1.165) is 17.4 Å². The van der Waals surface area contributed by atoms with Crippen LogP contribution in [0.5, 0.6) is 0 Å². The lowest BCUT2D eigenvalue weighted by Crippen LogP contribution is -2.04. The highest BCUT2D eigenvalue weighted by atomic mass is 79.9. The summed E-state index contributed by atoms with van der Waals surface area (Å²) in [5, 5.41) is 1.61. The van der Waals surface area contributed by atoms with E-state index < -0.39 is 40.4 Å². The highest BCUT2D eigenvalue weighted by Crippen LogP contribution is 2.25. The molecule has 0 unspecified atom stereocenters. The zero-order chi connectivity index (χ0) is 15.7. The molecule has 2 aromatic rings. The van der Waals surface area contributed by atoms with Gasteiger partial charge in [0.1, 0.15) is 0 Å². The molecule has 0 aliphatic carbocycles. The Morgan fingerprint density at radius 1 is 1.00 bits per heavy atom. The van der Waals surface area contributed by atoms with Gasteiger partial charge >= 0.3 is 0 Å². The van der Waals surface area contributed by atoms with Crippen molar-refractivity contribution in [2.75, 3.05) is 0 Å². The number of ketones is 1. The Balaban J connectivity index is 2.40. The smallest absolute Gasteiger partial charge is 0.200 e. The average Bonchev–Trinajstić information content (AvgIpc) is 2.89. The minimum Gasteiger partial charge on any atom is -0.288 e. The Kier molecular flexibility index (Phi) is 4.58. The predicted octanol–water partition coefficient (Wildman–Crippen LogP) is 5.10. The molecule has 0 spiro atoms. The van der Waals surface area contributed by atoms with Crippen LogP contribution in [0.25, 0.3) is 6.08 Å². The number of rotatable bonds is 3. The summed E-state index contributed by atoms with van der Waals surface area (Å²) in [6.45, 7) is 0. The van der Waals surface area contributed by atoms with Crippen molar-refractivity contribution < 1.29 is 26.7 Å². The van der Waals surface area contributed by atoms with E-state index in [4.69, 9.17) is 0 Å². The first kappa shape index (κ1) is 15.8. The quantitative estimate of drug-likeness (QED) is 0.237. The molecule has 0 atom stereocenters. The Bertz CT molecular complexity index is 724. The summed E-state index contributed by atoms with van der Waals surface area (Å²) in [6.07, 6.45) is 1.31. The van der Waals surface area contributed by atoms with Crippen LogP contribution in [0, 0.1) is 29.1 Å². The summed E-state index contributed by atoms with van der Waals surface area (Å²) < 4.78 is 66.2. The second-order valence-electron chi connectivity index (χ2n) is 3.81. The SMILES string of the molecule is O=C(/C=C/c1c(F)c(F)c(F)c(F)c1F)c1cc(Br)cs1. The Morgan fingerprint density at radius 3 is 2.00 bits per heavy atom. The molecule has 0 saturated heterocycles. The van der Waals surface area contributed by atoms with Crippen LogP contribution in [0.15, 0.2) is 22.0 Å². The standard InChI is InChI=1S/C13H4BrF5OS/c14-5-3-8(21-4-5)7(20)2-1-6-9(15)11(17)13(19)12(18)10(6)16/h1-4H/b2-1+. The summed E-state index contributed by atoms with van der Waals surface area (Å²) in [6, 6.07) is 1.47. The molecule has 0 radical (unpaired) electrons. The molecule has 0 aliphatic rings. The van der Waals surface area contributed by atoms with Crippen molar-refractivity contribution in [3.8, 4) is 0 Å². The Hall–Kier alpha value is -1.54. The van der Waals surface area contributed by atoms with Crippen molar-refractivity contribution in [1.82, 2.24) is 0 Å². The molecule has 110 valence electrons. The minimum atomic E-state index is -2.24. The number of halogens is 6. The number of carbonyl (C=O) groups is 1. The highest BCUT2D eigenvalue weighted by Gasteiger charge is 2.24. The molecule has 0 bridgehead atoms. The summed E-state index contributed by atoms with van der Waals surface area (Å²) in [7, 11) is 0. The van der Waals surface area contributed by atoms with E-state index in [1.165, 1.54) is 6.07 Å². The molecule has 0 N–H and O–H groups in total. The van der Waals surface area contributed by atoms with E-state index in [0.29, 0.717) is 10.5 Å². The third kappa shape index (κ3) is 3.06. The fraction of sp³-hybridized carbons (Fsp3) is 0. The third-order valence-corrected chi connectivity index (χ3v) is 4.16. The van der Waals surface area contributed by atoms with Crippen molar-refractivity contribution in [1.29, 1.82) is 0 Å². The number of hydrogen-bond donors (Lipinski definition) is 0. The molecular formula is C13H4BrF5OS. The van der Waals surface area contributed by atoms with Crippen LogP contribution in [0.2, 0.25) is 0 Å². The Morgan fingerprint density at radius 2 is 1.52 bits per heavy atom. The zero-order valence-corrected chi connectivity index (χ0v) is 12.3. The molecule has 1 heterocycles. The second kappa shape index (κ2) is 6.07. The number of thiophene rings is 1. The largest absolute Gasteiger partial charge is 0.288 e. The lowest BCUT2D eigenvalue weighted by atomic mass is 10.1. The fourth-order valence-electron chi connectivity index (χ4n) is 1.45.